The third kappa shape index (κ3) is 8.44. The first-order valence-electron chi connectivity index (χ1n) is 8.83. The number of carboxylic acids is 1. The lowest BCUT2D eigenvalue weighted by atomic mass is 9.75. The average Bonchev–Trinajstić information content (AvgIpc) is 2.63. The predicted molar refractivity (Wildman–Crippen MR) is 106 cm³/mol. The van der Waals surface area contributed by atoms with E-state index in [9.17, 15) is 14.7 Å². The molecule has 0 aliphatic rings. The maximum absolute atomic E-state index is 12.6. The minimum Gasteiger partial charge on any atom is -0.556 e. The van der Waals surface area contributed by atoms with Crippen molar-refractivity contribution in [1.82, 2.24) is 5.32 Å². The van der Waals surface area contributed by atoms with Crippen LogP contribution < -0.4 is 10.1 Å². The van der Waals surface area contributed by atoms with E-state index in [1.807, 2.05) is 26.0 Å². The number of hydrogen-bond donors (Lipinski definition) is 3. The number of carbonyl (C=O) groups excluding carboxylic acids is 1. The van der Waals surface area contributed by atoms with Crippen LogP contribution in [-0.2, 0) is 20.7 Å². The molecule has 0 aliphatic carbocycles. The number of carbonyl (C=O) groups is 2. The van der Waals surface area contributed by atoms with Crippen LogP contribution in [0.15, 0.2) is 36.9 Å². The van der Waals surface area contributed by atoms with Gasteiger partial charge >= 0.3 is 13.5 Å². The summed E-state index contributed by atoms with van der Waals surface area (Å²) in [5, 5.41) is 18.9. The number of carboxylic acid groups (broad SMARTS) is 1. The molecule has 0 radical (unpaired) electrons. The highest BCUT2D eigenvalue weighted by Crippen LogP contribution is 2.18. The molecule has 1 amide bonds. The summed E-state index contributed by atoms with van der Waals surface area (Å²) < 4.78 is 10.4. The molecule has 1 aromatic carbocycles. The van der Waals surface area contributed by atoms with Crippen LogP contribution in [0, 0.1) is 11.3 Å². The summed E-state index contributed by atoms with van der Waals surface area (Å²) in [5.74, 6) is -1.26. The van der Waals surface area contributed by atoms with E-state index in [1.165, 1.54) is 0 Å². The average molecular weight is 374 g/mol. The number of benzene rings is 1. The fourth-order valence-electron chi connectivity index (χ4n) is 2.54. The molecule has 0 aromatic heterocycles. The van der Waals surface area contributed by atoms with E-state index >= 15 is 0 Å². The Balaban J connectivity index is 2.80. The van der Waals surface area contributed by atoms with Gasteiger partial charge in [0.2, 0.25) is 5.91 Å². The molecule has 8 heteroatoms. The highest BCUT2D eigenvalue weighted by Gasteiger charge is 2.27. The Morgan fingerprint density at radius 3 is 2.52 bits per heavy atom. The van der Waals surface area contributed by atoms with Crippen LogP contribution in [0.2, 0.25) is 5.82 Å². The minimum absolute atomic E-state index is 0.00192. The molecule has 0 spiro atoms. The molecule has 0 unspecified atom stereocenters. The largest absolute Gasteiger partial charge is 0.556 e. The molecule has 0 fully saturated rings. The molecule has 0 saturated carbocycles. The van der Waals surface area contributed by atoms with Gasteiger partial charge in [-0.2, -0.15) is 0 Å². The zero-order chi connectivity index (χ0) is 20.2. The van der Waals surface area contributed by atoms with Gasteiger partial charge in [-0.1, -0.05) is 38.6 Å². The fourth-order valence-corrected chi connectivity index (χ4v) is 2.54. The van der Waals surface area contributed by atoms with E-state index in [4.69, 9.17) is 14.8 Å². The van der Waals surface area contributed by atoms with Crippen molar-refractivity contribution in [3.8, 4) is 5.75 Å². The summed E-state index contributed by atoms with van der Waals surface area (Å²) in [6, 6.07) is 6.32. The van der Waals surface area contributed by atoms with Crippen molar-refractivity contribution in [1.29, 1.82) is 5.41 Å². The molecule has 7 nitrogen and oxygen atoms in total. The molecule has 0 heterocycles. The first kappa shape index (κ1) is 22.3. The van der Waals surface area contributed by atoms with Gasteiger partial charge in [-0.15, -0.1) is 0 Å². The quantitative estimate of drug-likeness (QED) is 0.212. The summed E-state index contributed by atoms with van der Waals surface area (Å²) in [4.78, 5) is 24.0. The second kappa shape index (κ2) is 11.8. The Bertz CT molecular complexity index is 633. The highest BCUT2D eigenvalue weighted by atomic mass is 16.5. The van der Waals surface area contributed by atoms with Crippen molar-refractivity contribution in [3.05, 3.63) is 42.5 Å². The molecule has 0 saturated heterocycles. The molecule has 3 N–H and O–H groups in total. The van der Waals surface area contributed by atoms with E-state index in [1.54, 1.807) is 18.2 Å². The van der Waals surface area contributed by atoms with Gasteiger partial charge in [0.15, 0.2) is 0 Å². The SMILES string of the molecule is C=CCOc1ccc(C[C@H](BOC=N)C(=O)N[C@@H](CC(C)C)C(=O)O)cc1. The Labute approximate surface area is 160 Å². The van der Waals surface area contributed by atoms with Gasteiger partial charge in [0.25, 0.3) is 0 Å². The monoisotopic (exact) mass is 374 g/mol. The number of rotatable bonds is 13. The summed E-state index contributed by atoms with van der Waals surface area (Å²) in [6.07, 6.45) is 3.12. The van der Waals surface area contributed by atoms with Crippen LogP contribution in [0.5, 0.6) is 5.75 Å². The molecule has 27 heavy (non-hydrogen) atoms. The van der Waals surface area contributed by atoms with Crippen molar-refractivity contribution >= 4 is 25.8 Å². The van der Waals surface area contributed by atoms with Crippen molar-refractivity contribution in [2.75, 3.05) is 6.61 Å². The third-order valence-corrected chi connectivity index (χ3v) is 3.85. The zero-order valence-corrected chi connectivity index (χ0v) is 15.8. The minimum atomic E-state index is -1.06. The third-order valence-electron chi connectivity index (χ3n) is 3.85. The lowest BCUT2D eigenvalue weighted by Gasteiger charge is -2.20. The number of nitrogens with one attached hydrogen (secondary N) is 2. The van der Waals surface area contributed by atoms with Crippen molar-refractivity contribution in [2.45, 2.75) is 38.5 Å². The second-order valence-electron chi connectivity index (χ2n) is 6.62. The Morgan fingerprint density at radius 2 is 2.00 bits per heavy atom. The molecule has 146 valence electrons. The van der Waals surface area contributed by atoms with Gasteiger partial charge in [0.1, 0.15) is 24.8 Å². The molecule has 1 aromatic rings. The number of ether oxygens (including phenoxy) is 1. The smallest absolute Gasteiger partial charge is 0.354 e. The van der Waals surface area contributed by atoms with Gasteiger partial charge < -0.3 is 19.8 Å². The maximum atomic E-state index is 12.6. The van der Waals surface area contributed by atoms with Gasteiger partial charge in [-0.05, 0) is 36.5 Å². The summed E-state index contributed by atoms with van der Waals surface area (Å²) >= 11 is 0. The van der Waals surface area contributed by atoms with E-state index in [0.717, 1.165) is 12.0 Å². The summed E-state index contributed by atoms with van der Waals surface area (Å²) in [6.45, 7) is 7.79. The standard InChI is InChI=1S/C19H27BN2O5/c1-4-9-26-15-7-5-14(6-8-15)11-16(20-27-12-21)18(23)22-17(19(24)25)10-13(2)3/h4-8,12-13,16-17,20-21H,1,9-11H2,2-3H3,(H,22,23)(H,24,25)/t16-,17-/m0/s1. The number of hydrogen-bond acceptors (Lipinski definition) is 5. The van der Waals surface area contributed by atoms with E-state index < -0.39 is 23.7 Å². The van der Waals surface area contributed by atoms with Gasteiger partial charge in [-0.3, -0.25) is 10.2 Å². The number of aliphatic carboxylic acids is 1. The van der Waals surface area contributed by atoms with Crippen LogP contribution in [0.3, 0.4) is 0 Å². The first-order chi connectivity index (χ1) is 12.9. The van der Waals surface area contributed by atoms with Gasteiger partial charge in [-0.25, -0.2) is 4.79 Å². The predicted octanol–water partition coefficient (Wildman–Crippen LogP) is 2.17. The van der Waals surface area contributed by atoms with E-state index in [0.29, 0.717) is 25.2 Å². The topological polar surface area (TPSA) is 109 Å². The lowest BCUT2D eigenvalue weighted by molar-refractivity contribution is -0.142. The zero-order valence-electron chi connectivity index (χ0n) is 15.8. The molecule has 1 rings (SSSR count). The van der Waals surface area contributed by atoms with Crippen molar-refractivity contribution in [2.24, 2.45) is 5.92 Å². The first-order valence-corrected chi connectivity index (χ1v) is 8.83. The Hall–Kier alpha value is -2.77. The molecular weight excluding hydrogens is 347 g/mol. The molecule has 0 aliphatic heterocycles. The number of amides is 1. The molecular formula is C19H27BN2O5. The summed E-state index contributed by atoms with van der Waals surface area (Å²) in [5.41, 5.74) is 0.880. The van der Waals surface area contributed by atoms with E-state index in [-0.39, 0.29) is 13.4 Å². The van der Waals surface area contributed by atoms with Crippen LogP contribution in [-0.4, -0.2) is 43.5 Å². The highest BCUT2D eigenvalue weighted by molar-refractivity contribution is 6.39. The van der Waals surface area contributed by atoms with Gasteiger partial charge in [0.05, 0.1) is 5.82 Å². The van der Waals surface area contributed by atoms with Gasteiger partial charge in [0, 0.05) is 0 Å². The maximum Gasteiger partial charge on any atom is 0.354 e. The van der Waals surface area contributed by atoms with Crippen LogP contribution in [0.25, 0.3) is 0 Å². The molecule has 0 bridgehead atoms. The Kier molecular flexibility index (Phi) is 9.71. The Morgan fingerprint density at radius 1 is 1.33 bits per heavy atom. The van der Waals surface area contributed by atoms with Crippen LogP contribution in [0.1, 0.15) is 25.8 Å². The second-order valence-corrected chi connectivity index (χ2v) is 6.62. The summed E-state index contributed by atoms with van der Waals surface area (Å²) in [7, 11) is -0.00192. The normalized spacial score (nSPS) is 12.6. The van der Waals surface area contributed by atoms with E-state index in [2.05, 4.69) is 11.9 Å². The van der Waals surface area contributed by atoms with Crippen molar-refractivity contribution in [3.63, 3.8) is 0 Å². The fraction of sp³-hybridized carbons (Fsp3) is 0.421. The van der Waals surface area contributed by atoms with Crippen molar-refractivity contribution < 1.29 is 24.1 Å². The lowest BCUT2D eigenvalue weighted by Crippen LogP contribution is -2.44. The van der Waals surface area contributed by atoms with Crippen LogP contribution in [0.4, 0.5) is 0 Å². The van der Waals surface area contributed by atoms with Crippen LogP contribution >= 0.6 is 0 Å². The molecule has 2 atom stereocenters.